The van der Waals surface area contributed by atoms with E-state index in [0.717, 1.165) is 12.5 Å². The predicted molar refractivity (Wildman–Crippen MR) is 66.9 cm³/mol. The van der Waals surface area contributed by atoms with Crippen molar-refractivity contribution in [1.29, 1.82) is 0 Å². The van der Waals surface area contributed by atoms with Gasteiger partial charge in [0, 0.05) is 20.2 Å². The number of hydrogen-bond acceptors (Lipinski definition) is 2. The van der Waals surface area contributed by atoms with Gasteiger partial charge in [-0.05, 0) is 24.5 Å². The molecule has 1 fully saturated rings. The van der Waals surface area contributed by atoms with Crippen LogP contribution in [0.1, 0.15) is 24.0 Å². The summed E-state index contributed by atoms with van der Waals surface area (Å²) in [5.41, 5.74) is -0.610. The second-order valence-electron chi connectivity index (χ2n) is 4.85. The van der Waals surface area contributed by atoms with Crippen LogP contribution in [0.15, 0.2) is 24.3 Å². The Morgan fingerprint density at radius 3 is 2.70 bits per heavy atom. The Bertz CT molecular complexity index is 482. The van der Waals surface area contributed by atoms with E-state index in [1.165, 1.54) is 30.1 Å². The van der Waals surface area contributed by atoms with Gasteiger partial charge in [0.25, 0.3) is 5.91 Å². The van der Waals surface area contributed by atoms with Gasteiger partial charge in [0.15, 0.2) is 0 Å². The molecule has 2 rings (SSSR count). The molecule has 0 spiro atoms. The van der Waals surface area contributed by atoms with Crippen LogP contribution in [0.5, 0.6) is 0 Å². The topological polar surface area (TPSA) is 29.5 Å². The molecular weight excluding hydrogens is 271 g/mol. The molecule has 110 valence electrons. The molecule has 1 amide bonds. The first-order valence-electron chi connectivity index (χ1n) is 6.41. The molecule has 1 saturated heterocycles. The van der Waals surface area contributed by atoms with Crippen LogP contribution in [0.2, 0.25) is 0 Å². The van der Waals surface area contributed by atoms with Gasteiger partial charge in [-0.2, -0.15) is 13.2 Å². The zero-order valence-corrected chi connectivity index (χ0v) is 11.1. The Labute approximate surface area is 115 Å². The Kier molecular flexibility index (Phi) is 4.32. The lowest BCUT2D eigenvalue weighted by Gasteiger charge is -2.22. The summed E-state index contributed by atoms with van der Waals surface area (Å²) >= 11 is 0. The summed E-state index contributed by atoms with van der Waals surface area (Å²) in [5, 5.41) is 0. The monoisotopic (exact) mass is 287 g/mol. The van der Waals surface area contributed by atoms with Crippen molar-refractivity contribution >= 4 is 5.91 Å². The van der Waals surface area contributed by atoms with Gasteiger partial charge in [0.1, 0.15) is 6.10 Å². The van der Waals surface area contributed by atoms with Crippen molar-refractivity contribution in [3.8, 4) is 0 Å². The highest BCUT2D eigenvalue weighted by molar-refractivity contribution is 5.80. The molecular formula is C14H16F3NO2. The Balaban J connectivity index is 2.11. The molecule has 1 aromatic rings. The second kappa shape index (κ2) is 5.83. The molecule has 0 aliphatic carbocycles. The first-order valence-corrected chi connectivity index (χ1v) is 6.41. The normalized spacial score (nSPS) is 19.1. The van der Waals surface area contributed by atoms with Crippen LogP contribution >= 0.6 is 0 Å². The number of carbonyl (C=O) groups excluding carboxylic acids is 1. The fourth-order valence-corrected chi connectivity index (χ4v) is 2.29. The molecule has 0 aromatic heterocycles. The zero-order valence-electron chi connectivity index (χ0n) is 11.1. The number of halogens is 3. The summed E-state index contributed by atoms with van der Waals surface area (Å²) in [7, 11) is 1.50. The van der Waals surface area contributed by atoms with E-state index < -0.39 is 17.8 Å². The number of rotatable bonds is 3. The highest BCUT2D eigenvalue weighted by Crippen LogP contribution is 2.32. The van der Waals surface area contributed by atoms with Crippen molar-refractivity contribution in [3.63, 3.8) is 0 Å². The highest BCUT2D eigenvalue weighted by atomic mass is 19.4. The average Bonchev–Trinajstić information content (AvgIpc) is 2.91. The minimum absolute atomic E-state index is 0.0750. The maximum absolute atomic E-state index is 12.9. The van der Waals surface area contributed by atoms with E-state index in [-0.39, 0.29) is 18.0 Å². The van der Waals surface area contributed by atoms with E-state index in [2.05, 4.69) is 0 Å². The predicted octanol–water partition coefficient (Wildman–Crippen LogP) is 2.84. The number of likely N-dealkylation sites (N-methyl/N-ethyl adjacent to an activating group) is 1. The Morgan fingerprint density at radius 2 is 2.10 bits per heavy atom. The van der Waals surface area contributed by atoms with Crippen molar-refractivity contribution in [2.45, 2.75) is 31.7 Å². The molecule has 1 aliphatic heterocycles. The van der Waals surface area contributed by atoms with Crippen molar-refractivity contribution in [2.75, 3.05) is 13.7 Å². The molecule has 1 aromatic carbocycles. The van der Waals surface area contributed by atoms with Crippen LogP contribution in [0.3, 0.4) is 0 Å². The van der Waals surface area contributed by atoms with Crippen LogP contribution in [0, 0.1) is 0 Å². The summed E-state index contributed by atoms with van der Waals surface area (Å²) in [6.07, 6.45) is -3.49. The summed E-state index contributed by atoms with van der Waals surface area (Å²) in [6.45, 7) is 0.456. The van der Waals surface area contributed by atoms with E-state index in [1.54, 1.807) is 0 Å². The van der Waals surface area contributed by atoms with E-state index in [0.29, 0.717) is 13.0 Å². The van der Waals surface area contributed by atoms with Crippen LogP contribution in [-0.2, 0) is 22.3 Å². The molecule has 3 nitrogen and oxygen atoms in total. The summed E-state index contributed by atoms with van der Waals surface area (Å²) in [6, 6.07) is 5.30. The van der Waals surface area contributed by atoms with E-state index >= 15 is 0 Å². The zero-order chi connectivity index (χ0) is 14.8. The molecule has 1 aliphatic rings. The lowest BCUT2D eigenvalue weighted by Crippen LogP contribution is -2.36. The number of amides is 1. The summed E-state index contributed by atoms with van der Waals surface area (Å²) < 4.78 is 43.9. The smallest absolute Gasteiger partial charge is 0.368 e. The molecule has 0 bridgehead atoms. The maximum Gasteiger partial charge on any atom is 0.416 e. The number of carbonyl (C=O) groups is 1. The molecule has 0 radical (unpaired) electrons. The van der Waals surface area contributed by atoms with Gasteiger partial charge in [0.05, 0.1) is 5.56 Å². The first-order chi connectivity index (χ1) is 9.39. The van der Waals surface area contributed by atoms with Crippen LogP contribution in [-0.4, -0.2) is 30.6 Å². The van der Waals surface area contributed by atoms with Gasteiger partial charge in [0.2, 0.25) is 0 Å². The minimum atomic E-state index is -4.41. The van der Waals surface area contributed by atoms with E-state index in [1.807, 2.05) is 0 Å². The number of ether oxygens (including phenoxy) is 1. The number of nitrogens with zero attached hydrogens (tertiary/aromatic N) is 1. The van der Waals surface area contributed by atoms with Crippen LogP contribution in [0.4, 0.5) is 13.2 Å². The van der Waals surface area contributed by atoms with Crippen molar-refractivity contribution in [3.05, 3.63) is 35.4 Å². The number of alkyl halides is 3. The third kappa shape index (κ3) is 3.30. The lowest BCUT2D eigenvalue weighted by molar-refractivity contribution is -0.142. The van der Waals surface area contributed by atoms with Crippen LogP contribution in [0.25, 0.3) is 0 Å². The minimum Gasteiger partial charge on any atom is -0.368 e. The quantitative estimate of drug-likeness (QED) is 0.855. The van der Waals surface area contributed by atoms with Gasteiger partial charge < -0.3 is 9.64 Å². The highest BCUT2D eigenvalue weighted by Gasteiger charge is 2.34. The van der Waals surface area contributed by atoms with Gasteiger partial charge in [-0.1, -0.05) is 18.2 Å². The first kappa shape index (κ1) is 14.8. The molecule has 0 saturated carbocycles. The van der Waals surface area contributed by atoms with Gasteiger partial charge in [-0.15, -0.1) is 0 Å². The third-order valence-electron chi connectivity index (χ3n) is 3.31. The fourth-order valence-electron chi connectivity index (χ4n) is 2.29. The molecule has 20 heavy (non-hydrogen) atoms. The van der Waals surface area contributed by atoms with E-state index in [4.69, 9.17) is 4.74 Å². The molecule has 6 heteroatoms. The summed E-state index contributed by atoms with van der Waals surface area (Å²) in [4.78, 5) is 13.3. The SMILES string of the molecule is CN(Cc1ccccc1C(F)(F)F)C(=O)C1CCCO1. The van der Waals surface area contributed by atoms with Crippen molar-refractivity contribution < 1.29 is 22.7 Å². The Hall–Kier alpha value is -1.56. The van der Waals surface area contributed by atoms with Crippen molar-refractivity contribution in [1.82, 2.24) is 4.90 Å². The second-order valence-corrected chi connectivity index (χ2v) is 4.85. The van der Waals surface area contributed by atoms with Gasteiger partial charge in [-0.3, -0.25) is 4.79 Å². The van der Waals surface area contributed by atoms with Crippen LogP contribution < -0.4 is 0 Å². The molecule has 0 N–H and O–H groups in total. The van der Waals surface area contributed by atoms with Gasteiger partial charge >= 0.3 is 6.18 Å². The largest absolute Gasteiger partial charge is 0.416 e. The lowest BCUT2D eigenvalue weighted by atomic mass is 10.1. The average molecular weight is 287 g/mol. The van der Waals surface area contributed by atoms with Gasteiger partial charge in [-0.25, -0.2) is 0 Å². The molecule has 1 heterocycles. The third-order valence-corrected chi connectivity index (χ3v) is 3.31. The number of hydrogen-bond donors (Lipinski definition) is 0. The van der Waals surface area contributed by atoms with E-state index in [9.17, 15) is 18.0 Å². The molecule has 1 atom stereocenters. The number of benzene rings is 1. The Morgan fingerprint density at radius 1 is 1.40 bits per heavy atom. The standard InChI is InChI=1S/C14H16F3NO2/c1-18(13(19)12-7-4-8-20-12)9-10-5-2-3-6-11(10)14(15,16)17/h2-3,5-6,12H,4,7-9H2,1H3. The summed E-state index contributed by atoms with van der Waals surface area (Å²) in [5.74, 6) is -0.264. The maximum atomic E-state index is 12.9. The molecule has 1 unspecified atom stereocenters. The fraction of sp³-hybridized carbons (Fsp3) is 0.500. The van der Waals surface area contributed by atoms with Crippen molar-refractivity contribution in [2.24, 2.45) is 0 Å².